The Hall–Kier alpha value is 0.280. The fourth-order valence-corrected chi connectivity index (χ4v) is 3.21. The number of methoxy groups -OCH3 is 1. The monoisotopic (exact) mass is 249 g/mol. The molecule has 0 bridgehead atoms. The van der Waals surface area contributed by atoms with Crippen LogP contribution in [0.15, 0.2) is 0 Å². The quantitative estimate of drug-likeness (QED) is 0.713. The molecule has 0 radical (unpaired) electrons. The van der Waals surface area contributed by atoms with E-state index >= 15 is 0 Å². The first-order valence-electron chi connectivity index (χ1n) is 6.35. The van der Waals surface area contributed by atoms with Gasteiger partial charge in [-0.05, 0) is 19.4 Å². The highest BCUT2D eigenvalue weighted by Crippen LogP contribution is 2.45. The molecule has 0 aromatic rings. The predicted molar refractivity (Wildman–Crippen MR) is 69.5 cm³/mol. The highest BCUT2D eigenvalue weighted by Gasteiger charge is 2.46. The normalized spacial score (nSPS) is 38.8. The molecule has 4 heteroatoms. The fourth-order valence-electron chi connectivity index (χ4n) is 2.67. The third-order valence-corrected chi connectivity index (χ3v) is 3.87. The van der Waals surface area contributed by atoms with Crippen LogP contribution in [0.2, 0.25) is 0 Å². The minimum Gasteiger partial charge on any atom is -0.383 e. The van der Waals surface area contributed by atoms with E-state index in [1.165, 1.54) is 12.8 Å². The van der Waals surface area contributed by atoms with Gasteiger partial charge in [0.25, 0.3) is 0 Å². The predicted octanol–water partition coefficient (Wildman–Crippen LogP) is 2.83. The van der Waals surface area contributed by atoms with Crippen LogP contribution in [0.1, 0.15) is 39.5 Å². The van der Waals surface area contributed by atoms with E-state index in [1.807, 2.05) is 13.8 Å². The summed E-state index contributed by atoms with van der Waals surface area (Å²) in [6.07, 6.45) is 3.80. The molecule has 2 aliphatic rings. The summed E-state index contributed by atoms with van der Waals surface area (Å²) >= 11 is 0. The SMILES string of the molecule is CC.COCC1CCCN1C1CC(F)(P)C1. The molecule has 0 N–H and O–H groups in total. The zero-order valence-electron chi connectivity index (χ0n) is 10.7. The van der Waals surface area contributed by atoms with Crippen LogP contribution in [0, 0.1) is 0 Å². The van der Waals surface area contributed by atoms with Gasteiger partial charge in [0.15, 0.2) is 0 Å². The Kier molecular flexibility index (Phi) is 5.63. The van der Waals surface area contributed by atoms with Crippen LogP contribution in [0.25, 0.3) is 0 Å². The lowest BCUT2D eigenvalue weighted by atomic mass is 9.88. The van der Waals surface area contributed by atoms with Crippen molar-refractivity contribution in [3.05, 3.63) is 0 Å². The number of halogens is 1. The minimum absolute atomic E-state index is 0.458. The van der Waals surface area contributed by atoms with Gasteiger partial charge < -0.3 is 4.74 Å². The maximum Gasteiger partial charge on any atom is 0.126 e. The van der Waals surface area contributed by atoms with E-state index in [-0.39, 0.29) is 0 Å². The Morgan fingerprint density at radius 1 is 1.44 bits per heavy atom. The van der Waals surface area contributed by atoms with Gasteiger partial charge in [0.2, 0.25) is 0 Å². The Morgan fingerprint density at radius 3 is 2.56 bits per heavy atom. The molecule has 0 spiro atoms. The molecule has 96 valence electrons. The summed E-state index contributed by atoms with van der Waals surface area (Å²) in [5.74, 6) is 0. The summed E-state index contributed by atoms with van der Waals surface area (Å²) in [6, 6.07) is 0.992. The number of hydrogen-bond acceptors (Lipinski definition) is 2. The molecule has 1 aliphatic heterocycles. The van der Waals surface area contributed by atoms with Gasteiger partial charge in [0.1, 0.15) is 5.41 Å². The number of rotatable bonds is 3. The van der Waals surface area contributed by atoms with Crippen molar-refractivity contribution < 1.29 is 9.13 Å². The van der Waals surface area contributed by atoms with E-state index in [2.05, 4.69) is 14.1 Å². The Labute approximate surface area is 101 Å². The maximum atomic E-state index is 13.3. The van der Waals surface area contributed by atoms with Gasteiger partial charge in [-0.2, -0.15) is 0 Å². The summed E-state index contributed by atoms with van der Waals surface area (Å²) in [6.45, 7) is 5.92. The van der Waals surface area contributed by atoms with Crippen LogP contribution < -0.4 is 0 Å². The minimum atomic E-state index is -0.981. The molecule has 2 fully saturated rings. The van der Waals surface area contributed by atoms with Crippen LogP contribution in [-0.2, 0) is 4.74 Å². The Bertz CT molecular complexity index is 205. The van der Waals surface area contributed by atoms with Crippen molar-refractivity contribution >= 4 is 9.24 Å². The van der Waals surface area contributed by atoms with Gasteiger partial charge in [-0.3, -0.25) is 4.90 Å². The third kappa shape index (κ3) is 3.38. The molecular formula is C12H25FNOP. The van der Waals surface area contributed by atoms with Crippen LogP contribution in [0.3, 0.4) is 0 Å². The highest BCUT2D eigenvalue weighted by molar-refractivity contribution is 7.18. The fraction of sp³-hybridized carbons (Fsp3) is 1.00. The van der Waals surface area contributed by atoms with Crippen molar-refractivity contribution in [2.45, 2.75) is 57.0 Å². The first-order chi connectivity index (χ1) is 7.62. The molecule has 0 aromatic carbocycles. The van der Waals surface area contributed by atoms with Gasteiger partial charge >= 0.3 is 0 Å². The summed E-state index contributed by atoms with van der Waals surface area (Å²) < 4.78 is 18.5. The van der Waals surface area contributed by atoms with Crippen molar-refractivity contribution in [3.63, 3.8) is 0 Å². The molecule has 1 heterocycles. The highest BCUT2D eigenvalue weighted by atomic mass is 31.0. The summed E-state index contributed by atoms with van der Waals surface area (Å²) in [7, 11) is 4.07. The number of hydrogen-bond donors (Lipinski definition) is 0. The second-order valence-electron chi connectivity index (χ2n) is 4.59. The van der Waals surface area contributed by atoms with E-state index in [4.69, 9.17) is 4.74 Å². The average molecular weight is 249 g/mol. The van der Waals surface area contributed by atoms with E-state index in [0.29, 0.717) is 24.9 Å². The van der Waals surface area contributed by atoms with Crippen LogP contribution in [0.5, 0.6) is 0 Å². The first-order valence-corrected chi connectivity index (χ1v) is 6.92. The average Bonchev–Trinajstić information content (AvgIpc) is 2.66. The Morgan fingerprint density at radius 2 is 2.06 bits per heavy atom. The van der Waals surface area contributed by atoms with Gasteiger partial charge in [-0.1, -0.05) is 23.1 Å². The van der Waals surface area contributed by atoms with Crippen LogP contribution in [0.4, 0.5) is 4.39 Å². The van der Waals surface area contributed by atoms with E-state index in [9.17, 15) is 4.39 Å². The van der Waals surface area contributed by atoms with Gasteiger partial charge in [-0.15, -0.1) is 0 Å². The molecule has 1 aliphatic carbocycles. The van der Waals surface area contributed by atoms with Crippen LogP contribution >= 0.6 is 9.24 Å². The third-order valence-electron chi connectivity index (χ3n) is 3.40. The Balaban J connectivity index is 0.000000606. The lowest BCUT2D eigenvalue weighted by Crippen LogP contribution is -2.52. The zero-order valence-corrected chi connectivity index (χ0v) is 11.9. The largest absolute Gasteiger partial charge is 0.383 e. The molecular weight excluding hydrogens is 224 g/mol. The van der Waals surface area contributed by atoms with Crippen molar-refractivity contribution in [1.82, 2.24) is 4.90 Å². The molecule has 0 aromatic heterocycles. The van der Waals surface area contributed by atoms with Gasteiger partial charge in [-0.25, -0.2) is 4.39 Å². The molecule has 16 heavy (non-hydrogen) atoms. The lowest BCUT2D eigenvalue weighted by molar-refractivity contribution is 0.00490. The summed E-state index contributed by atoms with van der Waals surface area (Å²) in [4.78, 5) is 2.44. The second-order valence-corrected chi connectivity index (χ2v) is 5.62. The maximum absolute atomic E-state index is 13.3. The molecule has 2 nitrogen and oxygen atoms in total. The standard InChI is InChI=1S/C10H19FNOP.C2H6/c1-13-7-8-3-2-4-12(8)9-5-10(11,14)6-9;1-2/h8-9H,2-7,14H2,1H3;1-2H3. The van der Waals surface area contributed by atoms with Crippen molar-refractivity contribution in [2.75, 3.05) is 20.3 Å². The summed E-state index contributed by atoms with van der Waals surface area (Å²) in [5, 5.41) is -0.981. The topological polar surface area (TPSA) is 12.5 Å². The molecule has 1 saturated carbocycles. The van der Waals surface area contributed by atoms with Crippen LogP contribution in [-0.4, -0.2) is 42.7 Å². The molecule has 0 amide bonds. The molecule has 2 atom stereocenters. The van der Waals surface area contributed by atoms with Crippen molar-refractivity contribution in [3.8, 4) is 0 Å². The smallest absolute Gasteiger partial charge is 0.126 e. The molecule has 1 saturated heterocycles. The molecule has 2 rings (SSSR count). The van der Waals surface area contributed by atoms with E-state index in [0.717, 1.165) is 13.2 Å². The number of ether oxygens (including phenoxy) is 1. The van der Waals surface area contributed by atoms with Gasteiger partial charge in [0.05, 0.1) is 6.61 Å². The lowest BCUT2D eigenvalue weighted by Gasteiger charge is -2.45. The molecule has 2 unspecified atom stereocenters. The van der Waals surface area contributed by atoms with Crippen molar-refractivity contribution in [2.24, 2.45) is 0 Å². The van der Waals surface area contributed by atoms with E-state index in [1.54, 1.807) is 7.11 Å². The zero-order chi connectivity index (χ0) is 12.2. The summed E-state index contributed by atoms with van der Waals surface area (Å²) in [5.41, 5.74) is 0. The number of nitrogens with zero attached hydrogens (tertiary/aromatic N) is 1. The van der Waals surface area contributed by atoms with Crippen molar-refractivity contribution in [1.29, 1.82) is 0 Å². The number of alkyl halides is 1. The van der Waals surface area contributed by atoms with E-state index < -0.39 is 5.41 Å². The van der Waals surface area contributed by atoms with Gasteiger partial charge in [0, 0.05) is 32.0 Å². The first kappa shape index (κ1) is 14.3. The number of likely N-dealkylation sites (tertiary alicyclic amines) is 1. The second kappa shape index (κ2) is 6.28.